The maximum atomic E-state index is 12.0. The van der Waals surface area contributed by atoms with Gasteiger partial charge in [-0.1, -0.05) is 18.2 Å². The van der Waals surface area contributed by atoms with Crippen LogP contribution in [0.4, 0.5) is 4.79 Å². The summed E-state index contributed by atoms with van der Waals surface area (Å²) in [6.45, 7) is 1.42. The number of nitrogens with zero attached hydrogens (tertiary/aromatic N) is 2. The second-order valence-electron chi connectivity index (χ2n) is 6.17. The summed E-state index contributed by atoms with van der Waals surface area (Å²) in [6.07, 6.45) is 4.06. The van der Waals surface area contributed by atoms with Gasteiger partial charge in [0.05, 0.1) is 18.3 Å². The van der Waals surface area contributed by atoms with Gasteiger partial charge in [0.2, 0.25) is 0 Å². The maximum Gasteiger partial charge on any atom is 0.321 e. The molecule has 1 saturated carbocycles. The molecule has 0 unspecified atom stereocenters. The van der Waals surface area contributed by atoms with E-state index in [0.717, 1.165) is 18.5 Å². The third-order valence-electron chi connectivity index (χ3n) is 3.83. The van der Waals surface area contributed by atoms with Gasteiger partial charge in [-0.3, -0.25) is 14.9 Å². The van der Waals surface area contributed by atoms with Crippen molar-refractivity contribution in [2.75, 3.05) is 0 Å². The van der Waals surface area contributed by atoms with E-state index in [1.54, 1.807) is 17.1 Å². The number of benzene rings is 1. The largest absolute Gasteiger partial charge is 0.452 e. The lowest BCUT2D eigenvalue weighted by Crippen LogP contribution is -2.45. The molecule has 1 aliphatic rings. The molecule has 1 atom stereocenters. The fourth-order valence-corrected chi connectivity index (χ4v) is 2.30. The summed E-state index contributed by atoms with van der Waals surface area (Å²) >= 11 is 0. The van der Waals surface area contributed by atoms with E-state index in [4.69, 9.17) is 4.74 Å². The lowest BCUT2D eigenvalue weighted by atomic mass is 10.2. The van der Waals surface area contributed by atoms with Crippen LogP contribution in [0.25, 0.3) is 5.69 Å². The van der Waals surface area contributed by atoms with E-state index < -0.39 is 24.0 Å². The van der Waals surface area contributed by atoms with Gasteiger partial charge in [-0.25, -0.2) is 9.48 Å². The summed E-state index contributed by atoms with van der Waals surface area (Å²) in [5.41, 5.74) is 1.54. The van der Waals surface area contributed by atoms with E-state index in [1.165, 1.54) is 6.92 Å². The SMILES string of the molecule is C[C@@H](OC(=O)Cc1cnn(-c2ccccc2)c1)C(=O)NC(=O)NC1CC1. The third-order valence-corrected chi connectivity index (χ3v) is 3.83. The highest BCUT2D eigenvalue weighted by molar-refractivity contribution is 5.97. The van der Waals surface area contributed by atoms with Crippen LogP contribution in [-0.2, 0) is 20.7 Å². The van der Waals surface area contributed by atoms with Crippen LogP contribution in [0.2, 0.25) is 0 Å². The molecule has 0 spiro atoms. The zero-order valence-electron chi connectivity index (χ0n) is 14.3. The van der Waals surface area contributed by atoms with Crippen molar-refractivity contribution in [1.82, 2.24) is 20.4 Å². The molecule has 136 valence electrons. The van der Waals surface area contributed by atoms with Crippen LogP contribution in [0, 0.1) is 0 Å². The average Bonchev–Trinajstić information content (AvgIpc) is 3.30. The van der Waals surface area contributed by atoms with E-state index >= 15 is 0 Å². The van der Waals surface area contributed by atoms with Gasteiger partial charge in [-0.2, -0.15) is 5.10 Å². The molecule has 0 bridgehead atoms. The lowest BCUT2D eigenvalue weighted by Gasteiger charge is -2.12. The fourth-order valence-electron chi connectivity index (χ4n) is 2.30. The summed E-state index contributed by atoms with van der Waals surface area (Å²) in [5, 5.41) is 9.00. The topological polar surface area (TPSA) is 102 Å². The van der Waals surface area contributed by atoms with Crippen molar-refractivity contribution in [2.24, 2.45) is 0 Å². The Morgan fingerprint density at radius 2 is 2.00 bits per heavy atom. The number of urea groups is 1. The van der Waals surface area contributed by atoms with E-state index in [2.05, 4.69) is 15.7 Å². The molecule has 8 nitrogen and oxygen atoms in total. The Morgan fingerprint density at radius 1 is 1.27 bits per heavy atom. The second kappa shape index (κ2) is 7.81. The van der Waals surface area contributed by atoms with Crippen molar-refractivity contribution >= 4 is 17.9 Å². The van der Waals surface area contributed by atoms with Crippen LogP contribution in [0.1, 0.15) is 25.3 Å². The van der Waals surface area contributed by atoms with Gasteiger partial charge in [0.1, 0.15) is 0 Å². The Bertz CT molecular complexity index is 799. The first-order chi connectivity index (χ1) is 12.5. The predicted molar refractivity (Wildman–Crippen MR) is 92.5 cm³/mol. The Hall–Kier alpha value is -3.16. The molecular weight excluding hydrogens is 336 g/mol. The number of nitrogens with one attached hydrogen (secondary N) is 2. The Balaban J connectivity index is 1.48. The summed E-state index contributed by atoms with van der Waals surface area (Å²) in [4.78, 5) is 35.4. The first kappa shape index (κ1) is 17.7. The number of hydrogen-bond donors (Lipinski definition) is 2. The molecule has 2 N–H and O–H groups in total. The molecule has 0 saturated heterocycles. The molecule has 1 fully saturated rings. The normalized spacial score (nSPS) is 14.3. The molecule has 1 heterocycles. The van der Waals surface area contributed by atoms with Crippen molar-refractivity contribution in [3.63, 3.8) is 0 Å². The minimum atomic E-state index is -1.06. The van der Waals surface area contributed by atoms with E-state index in [0.29, 0.717) is 5.56 Å². The van der Waals surface area contributed by atoms with Crippen LogP contribution in [0.15, 0.2) is 42.7 Å². The number of hydrogen-bond acceptors (Lipinski definition) is 5. The quantitative estimate of drug-likeness (QED) is 0.761. The standard InChI is InChI=1S/C18H20N4O4/c1-12(17(24)21-18(25)20-14-7-8-14)26-16(23)9-13-10-19-22(11-13)15-5-3-2-4-6-15/h2-6,10-12,14H,7-9H2,1H3,(H2,20,21,24,25)/t12-/m1/s1. The van der Waals surface area contributed by atoms with Crippen LogP contribution >= 0.6 is 0 Å². The summed E-state index contributed by atoms with van der Waals surface area (Å²) in [5.74, 6) is -1.22. The minimum Gasteiger partial charge on any atom is -0.452 e. The smallest absolute Gasteiger partial charge is 0.321 e. The number of esters is 1. The predicted octanol–water partition coefficient (Wildman–Crippen LogP) is 1.33. The van der Waals surface area contributed by atoms with Crippen molar-refractivity contribution in [3.05, 3.63) is 48.3 Å². The molecule has 3 rings (SSSR count). The number of aromatic nitrogens is 2. The first-order valence-corrected chi connectivity index (χ1v) is 8.41. The highest BCUT2D eigenvalue weighted by Gasteiger charge is 2.26. The lowest BCUT2D eigenvalue weighted by molar-refractivity contribution is -0.153. The van der Waals surface area contributed by atoms with Gasteiger partial charge < -0.3 is 10.1 Å². The van der Waals surface area contributed by atoms with E-state index in [-0.39, 0.29) is 12.5 Å². The van der Waals surface area contributed by atoms with Gasteiger partial charge in [0.15, 0.2) is 6.10 Å². The molecule has 0 radical (unpaired) electrons. The van der Waals surface area contributed by atoms with Crippen LogP contribution in [0.5, 0.6) is 0 Å². The third kappa shape index (κ3) is 4.92. The van der Waals surface area contributed by atoms with Crippen molar-refractivity contribution in [1.29, 1.82) is 0 Å². The molecule has 1 aromatic heterocycles. The summed E-state index contributed by atoms with van der Waals surface area (Å²) in [7, 11) is 0. The zero-order valence-corrected chi connectivity index (χ0v) is 14.3. The van der Waals surface area contributed by atoms with E-state index in [1.807, 2.05) is 30.3 Å². The summed E-state index contributed by atoms with van der Waals surface area (Å²) in [6, 6.07) is 9.06. The van der Waals surface area contributed by atoms with Crippen molar-refractivity contribution in [2.45, 2.75) is 38.3 Å². The fraction of sp³-hybridized carbons (Fsp3) is 0.333. The summed E-state index contributed by atoms with van der Waals surface area (Å²) < 4.78 is 6.74. The number of amides is 3. The second-order valence-corrected chi connectivity index (χ2v) is 6.17. The molecule has 0 aliphatic heterocycles. The van der Waals surface area contributed by atoms with Gasteiger partial charge in [0.25, 0.3) is 5.91 Å². The van der Waals surface area contributed by atoms with Crippen LogP contribution in [-0.4, -0.2) is 39.8 Å². The first-order valence-electron chi connectivity index (χ1n) is 8.41. The monoisotopic (exact) mass is 356 g/mol. The van der Waals surface area contributed by atoms with Gasteiger partial charge in [-0.15, -0.1) is 0 Å². The molecule has 8 heteroatoms. The van der Waals surface area contributed by atoms with Gasteiger partial charge >= 0.3 is 12.0 Å². The average molecular weight is 356 g/mol. The van der Waals surface area contributed by atoms with Crippen molar-refractivity contribution in [3.8, 4) is 5.69 Å². The van der Waals surface area contributed by atoms with Crippen LogP contribution in [0.3, 0.4) is 0 Å². The molecule has 3 amide bonds. The number of ether oxygens (including phenoxy) is 1. The van der Waals surface area contributed by atoms with Crippen LogP contribution < -0.4 is 10.6 Å². The number of imide groups is 1. The highest BCUT2D eigenvalue weighted by Crippen LogP contribution is 2.18. The number of carbonyl (C=O) groups is 3. The number of para-hydroxylation sites is 1. The van der Waals surface area contributed by atoms with Gasteiger partial charge in [-0.05, 0) is 31.9 Å². The molecule has 2 aromatic rings. The molecule has 26 heavy (non-hydrogen) atoms. The van der Waals surface area contributed by atoms with E-state index in [9.17, 15) is 14.4 Å². The Morgan fingerprint density at radius 3 is 2.69 bits per heavy atom. The maximum absolute atomic E-state index is 12.0. The molecule has 1 aliphatic carbocycles. The minimum absolute atomic E-state index is 0.0152. The van der Waals surface area contributed by atoms with Gasteiger partial charge in [0, 0.05) is 17.8 Å². The zero-order chi connectivity index (χ0) is 18.5. The number of carbonyl (C=O) groups excluding carboxylic acids is 3. The number of rotatable bonds is 6. The molecular formula is C18H20N4O4. The Kier molecular flexibility index (Phi) is 5.31. The highest BCUT2D eigenvalue weighted by atomic mass is 16.5. The Labute approximate surface area is 150 Å². The molecule has 1 aromatic carbocycles. The van der Waals surface area contributed by atoms with Crippen molar-refractivity contribution < 1.29 is 19.1 Å².